The van der Waals surface area contributed by atoms with Gasteiger partial charge in [-0.2, -0.15) is 0 Å². The van der Waals surface area contributed by atoms with Crippen LogP contribution in [0.15, 0.2) is 0 Å². The number of hydrogen-bond donors (Lipinski definition) is 0. The van der Waals surface area contributed by atoms with Crippen molar-refractivity contribution in [2.45, 2.75) is 56.6 Å². The average Bonchev–Trinajstić information content (AvgIpc) is 2.56. The van der Waals surface area contributed by atoms with Crippen LogP contribution in [0.4, 0.5) is 0 Å². The average molecular weight is 336 g/mol. The van der Waals surface area contributed by atoms with E-state index in [0.29, 0.717) is 11.6 Å². The van der Waals surface area contributed by atoms with Crippen LogP contribution in [0, 0.1) is 11.8 Å². The third-order valence-electron chi connectivity index (χ3n) is 7.66. The zero-order valence-corrected chi connectivity index (χ0v) is 15.9. The van der Waals surface area contributed by atoms with Gasteiger partial charge in [-0.25, -0.2) is 0 Å². The van der Waals surface area contributed by atoms with Gasteiger partial charge in [0.05, 0.1) is 6.10 Å². The van der Waals surface area contributed by atoms with Crippen LogP contribution >= 0.6 is 0 Å². The maximum atomic E-state index is 5.42. The molecular weight excluding hydrogens is 298 g/mol. The third kappa shape index (κ3) is 3.53. The number of rotatable bonds is 5. The van der Waals surface area contributed by atoms with E-state index in [1.807, 2.05) is 7.11 Å². The summed E-state index contributed by atoms with van der Waals surface area (Å²) >= 11 is 0. The molecule has 4 nitrogen and oxygen atoms in total. The van der Waals surface area contributed by atoms with Crippen molar-refractivity contribution in [3.63, 3.8) is 0 Å². The molecule has 0 amide bonds. The minimum atomic E-state index is 0.560. The molecule has 0 aromatic rings. The van der Waals surface area contributed by atoms with Gasteiger partial charge in [-0.15, -0.1) is 0 Å². The second kappa shape index (κ2) is 7.22. The second-order valence-electron chi connectivity index (χ2n) is 9.16. The van der Waals surface area contributed by atoms with E-state index in [-0.39, 0.29) is 0 Å². The highest BCUT2D eigenvalue weighted by atomic mass is 16.5. The summed E-state index contributed by atoms with van der Waals surface area (Å²) in [5, 5.41) is 0. The summed E-state index contributed by atoms with van der Waals surface area (Å²) in [6, 6.07) is 0. The number of hydrogen-bond acceptors (Lipinski definition) is 4. The molecular formula is C20H37N3O. The Morgan fingerprint density at radius 3 is 2.12 bits per heavy atom. The van der Waals surface area contributed by atoms with Gasteiger partial charge in [0, 0.05) is 32.3 Å². The molecule has 24 heavy (non-hydrogen) atoms. The van der Waals surface area contributed by atoms with E-state index in [0.717, 1.165) is 11.8 Å². The summed E-state index contributed by atoms with van der Waals surface area (Å²) in [7, 11) is 4.14. The van der Waals surface area contributed by atoms with Crippen LogP contribution in [0.25, 0.3) is 0 Å². The van der Waals surface area contributed by atoms with E-state index in [2.05, 4.69) is 21.7 Å². The van der Waals surface area contributed by atoms with Crippen LogP contribution in [0.2, 0.25) is 0 Å². The molecule has 3 aliphatic heterocycles. The first-order valence-corrected chi connectivity index (χ1v) is 10.4. The Kier molecular flexibility index (Phi) is 5.19. The minimum Gasteiger partial charge on any atom is -0.381 e. The van der Waals surface area contributed by atoms with Crippen molar-refractivity contribution in [3.05, 3.63) is 0 Å². The predicted molar refractivity (Wildman–Crippen MR) is 98.3 cm³/mol. The lowest BCUT2D eigenvalue weighted by Crippen LogP contribution is -2.64. The summed E-state index contributed by atoms with van der Waals surface area (Å²) in [5.74, 6) is 1.86. The topological polar surface area (TPSA) is 19.0 Å². The molecule has 1 spiro atoms. The lowest BCUT2D eigenvalue weighted by molar-refractivity contribution is -0.0690. The van der Waals surface area contributed by atoms with Crippen molar-refractivity contribution in [3.8, 4) is 0 Å². The Morgan fingerprint density at radius 2 is 1.54 bits per heavy atom. The smallest absolute Gasteiger partial charge is 0.0577 e. The molecule has 0 bridgehead atoms. The molecule has 0 unspecified atom stereocenters. The highest BCUT2D eigenvalue weighted by Crippen LogP contribution is 2.41. The molecule has 4 heteroatoms. The third-order valence-corrected chi connectivity index (χ3v) is 7.66. The first-order valence-electron chi connectivity index (χ1n) is 10.4. The fraction of sp³-hybridized carbons (Fsp3) is 1.00. The molecule has 3 saturated heterocycles. The molecule has 0 aromatic heterocycles. The lowest BCUT2D eigenvalue weighted by Gasteiger charge is -2.57. The summed E-state index contributed by atoms with van der Waals surface area (Å²) < 4.78 is 5.42. The van der Waals surface area contributed by atoms with Crippen molar-refractivity contribution in [2.75, 3.05) is 60.0 Å². The van der Waals surface area contributed by atoms with Gasteiger partial charge in [0.25, 0.3) is 0 Å². The summed E-state index contributed by atoms with van der Waals surface area (Å²) in [5.41, 5.74) is 0.602. The Bertz CT molecular complexity index is 407. The van der Waals surface area contributed by atoms with Gasteiger partial charge in [0.1, 0.15) is 0 Å². The largest absolute Gasteiger partial charge is 0.381 e. The second-order valence-corrected chi connectivity index (χ2v) is 9.16. The van der Waals surface area contributed by atoms with Gasteiger partial charge >= 0.3 is 0 Å². The molecule has 0 aromatic carbocycles. The Hall–Kier alpha value is -0.160. The fourth-order valence-electron chi connectivity index (χ4n) is 5.52. The van der Waals surface area contributed by atoms with Crippen LogP contribution in [-0.2, 0) is 4.74 Å². The molecule has 0 atom stereocenters. The Balaban J connectivity index is 1.17. The SMILES string of the molecule is CO[C@H]1C[C@H](CN2CCC(CN3CCC34CCN(C)CC4)CC2)C1. The minimum absolute atomic E-state index is 0.560. The van der Waals surface area contributed by atoms with E-state index in [1.165, 1.54) is 90.8 Å². The Labute approximate surface area is 148 Å². The van der Waals surface area contributed by atoms with Gasteiger partial charge in [0.15, 0.2) is 0 Å². The number of methoxy groups -OCH3 is 1. The quantitative estimate of drug-likeness (QED) is 0.767. The molecule has 0 N–H and O–H groups in total. The van der Waals surface area contributed by atoms with Crippen LogP contribution < -0.4 is 0 Å². The van der Waals surface area contributed by atoms with Gasteiger partial charge in [-0.1, -0.05) is 0 Å². The standard InChI is InChI=1S/C20H37N3O/c1-21-10-5-20(6-11-21)7-12-23(20)16-17-3-8-22(9-4-17)15-18-13-19(14-18)24-2/h17-19H,3-16H2,1-2H3/t18-,19-. The van der Waals surface area contributed by atoms with Crippen LogP contribution in [0.1, 0.15) is 44.9 Å². The monoisotopic (exact) mass is 335 g/mol. The van der Waals surface area contributed by atoms with Crippen molar-refractivity contribution >= 4 is 0 Å². The van der Waals surface area contributed by atoms with Crippen LogP contribution in [-0.4, -0.2) is 86.3 Å². The van der Waals surface area contributed by atoms with Crippen LogP contribution in [0.5, 0.6) is 0 Å². The van der Waals surface area contributed by atoms with E-state index in [1.54, 1.807) is 0 Å². The summed E-state index contributed by atoms with van der Waals surface area (Å²) in [4.78, 5) is 8.11. The fourth-order valence-corrected chi connectivity index (χ4v) is 5.52. The predicted octanol–water partition coefficient (Wildman–Crippen LogP) is 2.29. The molecule has 1 aliphatic carbocycles. The van der Waals surface area contributed by atoms with Crippen molar-refractivity contribution in [1.29, 1.82) is 0 Å². The number of piperidine rings is 2. The number of nitrogens with zero attached hydrogens (tertiary/aromatic N) is 3. The zero-order chi connectivity index (χ0) is 16.6. The summed E-state index contributed by atoms with van der Waals surface area (Å²) in [6.45, 7) is 9.35. The number of likely N-dealkylation sites (tertiary alicyclic amines) is 3. The van der Waals surface area contributed by atoms with Crippen molar-refractivity contribution in [1.82, 2.24) is 14.7 Å². The van der Waals surface area contributed by atoms with Gasteiger partial charge in [0.2, 0.25) is 0 Å². The molecule has 138 valence electrons. The van der Waals surface area contributed by atoms with E-state index in [9.17, 15) is 0 Å². The van der Waals surface area contributed by atoms with E-state index in [4.69, 9.17) is 4.74 Å². The molecule has 4 fully saturated rings. The van der Waals surface area contributed by atoms with E-state index < -0.39 is 0 Å². The van der Waals surface area contributed by atoms with E-state index >= 15 is 0 Å². The highest BCUT2D eigenvalue weighted by molar-refractivity contribution is 5.03. The highest BCUT2D eigenvalue weighted by Gasteiger charge is 2.46. The van der Waals surface area contributed by atoms with Gasteiger partial charge in [-0.05, 0) is 90.0 Å². The van der Waals surface area contributed by atoms with Gasteiger partial charge in [-0.3, -0.25) is 4.90 Å². The molecule has 4 rings (SSSR count). The maximum absolute atomic E-state index is 5.42. The molecule has 3 heterocycles. The van der Waals surface area contributed by atoms with Crippen molar-refractivity contribution < 1.29 is 4.74 Å². The first kappa shape index (κ1) is 17.3. The molecule has 0 radical (unpaired) electrons. The lowest BCUT2D eigenvalue weighted by atomic mass is 9.75. The van der Waals surface area contributed by atoms with Crippen LogP contribution in [0.3, 0.4) is 0 Å². The maximum Gasteiger partial charge on any atom is 0.0577 e. The Morgan fingerprint density at radius 1 is 0.875 bits per heavy atom. The summed E-state index contributed by atoms with van der Waals surface area (Å²) in [6.07, 6.45) is 10.3. The normalized spacial score (nSPS) is 35.8. The zero-order valence-electron chi connectivity index (χ0n) is 15.9. The molecule has 4 aliphatic rings. The van der Waals surface area contributed by atoms with Crippen molar-refractivity contribution in [2.24, 2.45) is 11.8 Å². The number of ether oxygens (including phenoxy) is 1. The van der Waals surface area contributed by atoms with Gasteiger partial charge < -0.3 is 14.5 Å². The first-order chi connectivity index (χ1) is 11.7. The molecule has 1 saturated carbocycles.